The van der Waals surface area contributed by atoms with Crippen molar-refractivity contribution >= 4 is 43.6 Å². The SMILES string of the molecule is CCCS(=O)(=O)NC1CCN(C(=O)CCSc2ccccc2Br)CC1. The van der Waals surface area contributed by atoms with Crippen molar-refractivity contribution in [2.45, 2.75) is 43.5 Å². The first-order chi connectivity index (χ1) is 11.9. The van der Waals surface area contributed by atoms with Crippen LogP contribution in [0.5, 0.6) is 0 Å². The van der Waals surface area contributed by atoms with Gasteiger partial charge in [-0.3, -0.25) is 4.79 Å². The molecule has 1 aromatic rings. The fourth-order valence-electron chi connectivity index (χ4n) is 2.80. The number of carbonyl (C=O) groups is 1. The predicted molar refractivity (Wildman–Crippen MR) is 106 cm³/mol. The zero-order chi connectivity index (χ0) is 18.3. The van der Waals surface area contributed by atoms with Crippen LogP contribution >= 0.6 is 27.7 Å². The highest BCUT2D eigenvalue weighted by Crippen LogP contribution is 2.27. The molecule has 0 bridgehead atoms. The van der Waals surface area contributed by atoms with Gasteiger partial charge in [-0.15, -0.1) is 11.8 Å². The van der Waals surface area contributed by atoms with Crippen LogP contribution in [-0.2, 0) is 14.8 Å². The highest BCUT2D eigenvalue weighted by atomic mass is 79.9. The van der Waals surface area contributed by atoms with Gasteiger partial charge in [0.25, 0.3) is 0 Å². The molecule has 0 aliphatic carbocycles. The molecular weight excluding hydrogens is 424 g/mol. The molecule has 5 nitrogen and oxygen atoms in total. The Kier molecular flexibility index (Phi) is 8.25. The average Bonchev–Trinajstić information content (AvgIpc) is 2.56. The van der Waals surface area contributed by atoms with E-state index in [2.05, 4.69) is 20.7 Å². The molecule has 1 N–H and O–H groups in total. The minimum Gasteiger partial charge on any atom is -0.343 e. The second-order valence-electron chi connectivity index (χ2n) is 6.12. The molecule has 2 rings (SSSR count). The number of sulfonamides is 1. The van der Waals surface area contributed by atoms with E-state index in [9.17, 15) is 13.2 Å². The number of piperidine rings is 1. The van der Waals surface area contributed by atoms with E-state index in [1.165, 1.54) is 0 Å². The predicted octanol–water partition coefficient (Wildman–Crippen LogP) is 3.25. The maximum atomic E-state index is 12.3. The number of hydrogen-bond acceptors (Lipinski definition) is 4. The molecular formula is C17H25BrN2O3S2. The Morgan fingerprint density at radius 3 is 2.64 bits per heavy atom. The van der Waals surface area contributed by atoms with Gasteiger partial charge in [-0.1, -0.05) is 19.1 Å². The van der Waals surface area contributed by atoms with E-state index in [0.29, 0.717) is 38.8 Å². The third kappa shape index (κ3) is 6.92. The number of rotatable bonds is 8. The number of benzene rings is 1. The van der Waals surface area contributed by atoms with Crippen LogP contribution in [0.1, 0.15) is 32.6 Å². The average molecular weight is 449 g/mol. The molecule has 25 heavy (non-hydrogen) atoms. The van der Waals surface area contributed by atoms with E-state index >= 15 is 0 Å². The normalized spacial score (nSPS) is 16.2. The number of hydrogen-bond donors (Lipinski definition) is 1. The van der Waals surface area contributed by atoms with Gasteiger partial charge in [0, 0.05) is 40.7 Å². The maximum absolute atomic E-state index is 12.3. The van der Waals surface area contributed by atoms with E-state index in [-0.39, 0.29) is 17.7 Å². The van der Waals surface area contributed by atoms with Crippen LogP contribution in [0.3, 0.4) is 0 Å². The van der Waals surface area contributed by atoms with E-state index in [4.69, 9.17) is 0 Å². The molecule has 0 unspecified atom stereocenters. The van der Waals surface area contributed by atoms with Gasteiger partial charge in [-0.2, -0.15) is 0 Å². The lowest BCUT2D eigenvalue weighted by Crippen LogP contribution is -2.47. The van der Waals surface area contributed by atoms with E-state index < -0.39 is 10.0 Å². The van der Waals surface area contributed by atoms with Gasteiger partial charge in [0.15, 0.2) is 0 Å². The van der Waals surface area contributed by atoms with Gasteiger partial charge in [-0.05, 0) is 47.3 Å². The Morgan fingerprint density at radius 2 is 2.00 bits per heavy atom. The van der Waals surface area contributed by atoms with Crippen molar-refractivity contribution in [1.82, 2.24) is 9.62 Å². The Morgan fingerprint density at radius 1 is 1.32 bits per heavy atom. The lowest BCUT2D eigenvalue weighted by atomic mass is 10.1. The van der Waals surface area contributed by atoms with E-state index in [0.717, 1.165) is 15.1 Å². The smallest absolute Gasteiger partial charge is 0.223 e. The van der Waals surface area contributed by atoms with Gasteiger partial charge in [0.2, 0.25) is 15.9 Å². The molecule has 0 atom stereocenters. The second kappa shape index (κ2) is 9.94. The molecule has 1 fully saturated rings. The summed E-state index contributed by atoms with van der Waals surface area (Å²) < 4.78 is 27.4. The van der Waals surface area contributed by atoms with Crippen LogP contribution in [0.25, 0.3) is 0 Å². The molecule has 1 aliphatic rings. The number of carbonyl (C=O) groups excluding carboxylic acids is 1. The third-order valence-electron chi connectivity index (χ3n) is 4.08. The zero-order valence-electron chi connectivity index (χ0n) is 14.4. The van der Waals surface area contributed by atoms with Crippen molar-refractivity contribution in [3.05, 3.63) is 28.7 Å². The molecule has 1 aliphatic heterocycles. The minimum atomic E-state index is -3.18. The van der Waals surface area contributed by atoms with Crippen molar-refractivity contribution in [2.24, 2.45) is 0 Å². The minimum absolute atomic E-state index is 0.0461. The van der Waals surface area contributed by atoms with Crippen LogP contribution in [-0.4, -0.2) is 49.9 Å². The summed E-state index contributed by atoms with van der Waals surface area (Å²) >= 11 is 5.18. The maximum Gasteiger partial charge on any atom is 0.223 e. The molecule has 0 saturated carbocycles. The van der Waals surface area contributed by atoms with Gasteiger partial charge >= 0.3 is 0 Å². The van der Waals surface area contributed by atoms with Gasteiger partial charge < -0.3 is 4.90 Å². The third-order valence-corrected chi connectivity index (χ3v) is 7.74. The lowest BCUT2D eigenvalue weighted by molar-refractivity contribution is -0.131. The first-order valence-electron chi connectivity index (χ1n) is 8.56. The summed E-state index contributed by atoms with van der Waals surface area (Å²) in [5.41, 5.74) is 0. The van der Waals surface area contributed by atoms with Crippen molar-refractivity contribution in [1.29, 1.82) is 0 Å². The summed E-state index contributed by atoms with van der Waals surface area (Å²) in [6.45, 7) is 3.10. The summed E-state index contributed by atoms with van der Waals surface area (Å²) in [6, 6.07) is 7.94. The van der Waals surface area contributed by atoms with Crippen LogP contribution in [0.2, 0.25) is 0 Å². The molecule has 0 spiro atoms. The summed E-state index contributed by atoms with van der Waals surface area (Å²) in [5, 5.41) is 0. The summed E-state index contributed by atoms with van der Waals surface area (Å²) in [7, 11) is -3.18. The summed E-state index contributed by atoms with van der Waals surface area (Å²) in [6.07, 6.45) is 2.48. The largest absolute Gasteiger partial charge is 0.343 e. The zero-order valence-corrected chi connectivity index (χ0v) is 17.6. The molecule has 1 saturated heterocycles. The molecule has 1 heterocycles. The van der Waals surface area contributed by atoms with Crippen LogP contribution in [0.4, 0.5) is 0 Å². The molecule has 140 valence electrons. The Bertz CT molecular complexity index is 674. The topological polar surface area (TPSA) is 66.5 Å². The van der Waals surface area contributed by atoms with Crippen molar-refractivity contribution < 1.29 is 13.2 Å². The number of amides is 1. The molecule has 8 heteroatoms. The summed E-state index contributed by atoms with van der Waals surface area (Å²) in [5.74, 6) is 1.05. The molecule has 0 radical (unpaired) electrons. The van der Waals surface area contributed by atoms with Crippen molar-refractivity contribution in [3.8, 4) is 0 Å². The fourth-order valence-corrected chi connectivity index (χ4v) is 5.70. The van der Waals surface area contributed by atoms with Gasteiger partial charge in [-0.25, -0.2) is 13.1 Å². The summed E-state index contributed by atoms with van der Waals surface area (Å²) in [4.78, 5) is 15.3. The number of likely N-dealkylation sites (tertiary alicyclic amines) is 1. The van der Waals surface area contributed by atoms with Crippen LogP contribution < -0.4 is 4.72 Å². The van der Waals surface area contributed by atoms with Crippen LogP contribution in [0.15, 0.2) is 33.6 Å². The number of nitrogens with one attached hydrogen (secondary N) is 1. The first-order valence-corrected chi connectivity index (χ1v) is 12.0. The standard InChI is InChI=1S/C17H25BrN2O3S2/c1-2-13-25(22,23)19-14-7-10-20(11-8-14)17(21)9-12-24-16-6-4-3-5-15(16)18/h3-6,14,19H,2,7-13H2,1H3. The fraction of sp³-hybridized carbons (Fsp3) is 0.588. The second-order valence-corrected chi connectivity index (χ2v) is 9.99. The molecule has 1 amide bonds. The van der Waals surface area contributed by atoms with E-state index in [1.807, 2.05) is 36.1 Å². The Balaban J connectivity index is 1.71. The van der Waals surface area contributed by atoms with Crippen LogP contribution in [0, 0.1) is 0 Å². The number of thioether (sulfide) groups is 1. The Hall–Kier alpha value is -0.570. The van der Waals surface area contributed by atoms with E-state index in [1.54, 1.807) is 11.8 Å². The monoisotopic (exact) mass is 448 g/mol. The highest BCUT2D eigenvalue weighted by molar-refractivity contribution is 9.10. The van der Waals surface area contributed by atoms with Gasteiger partial charge in [0.1, 0.15) is 0 Å². The number of halogens is 1. The van der Waals surface area contributed by atoms with Crippen molar-refractivity contribution in [3.63, 3.8) is 0 Å². The first kappa shape index (κ1) is 20.7. The van der Waals surface area contributed by atoms with Gasteiger partial charge in [0.05, 0.1) is 5.75 Å². The number of nitrogens with zero attached hydrogens (tertiary/aromatic N) is 1. The highest BCUT2D eigenvalue weighted by Gasteiger charge is 2.25. The van der Waals surface area contributed by atoms with Crippen molar-refractivity contribution in [2.75, 3.05) is 24.6 Å². The Labute approximate surface area is 163 Å². The quantitative estimate of drug-likeness (QED) is 0.619. The molecule has 1 aromatic carbocycles. The molecule has 0 aromatic heterocycles. The lowest BCUT2D eigenvalue weighted by Gasteiger charge is -2.32.